The van der Waals surface area contributed by atoms with E-state index >= 15 is 0 Å². The van der Waals surface area contributed by atoms with Gasteiger partial charge in [0.25, 0.3) is 0 Å². The Morgan fingerprint density at radius 2 is 0.417 bits per heavy atom. The Morgan fingerprint density at radius 3 is 0.500 bits per heavy atom. The van der Waals surface area contributed by atoms with Gasteiger partial charge in [0, 0.05) is 0 Å². The summed E-state index contributed by atoms with van der Waals surface area (Å²) in [5, 5.41) is 0. The summed E-state index contributed by atoms with van der Waals surface area (Å²) in [7, 11) is 0. The van der Waals surface area contributed by atoms with Crippen molar-refractivity contribution in [3.63, 3.8) is 0 Å². The van der Waals surface area contributed by atoms with Crippen LogP contribution in [-0.4, -0.2) is 96.1 Å². The third-order valence-corrected chi connectivity index (χ3v) is 10.3. The van der Waals surface area contributed by atoms with Crippen LogP contribution in [0.4, 0.5) is 0 Å². The quantitative estimate of drug-likeness (QED) is 0.286. The number of hydrogen-bond acceptors (Lipinski definition) is 0. The van der Waals surface area contributed by atoms with Crippen LogP contribution in [0.15, 0.2) is 0 Å². The fourth-order valence-corrected chi connectivity index (χ4v) is 5.15. The Morgan fingerprint density at radius 1 is 0.333 bits per heavy atom. The van der Waals surface area contributed by atoms with Gasteiger partial charge in [0.2, 0.25) is 0 Å². The molecular weight excluding hydrogens is 546 g/mol. The first-order valence-corrected chi connectivity index (χ1v) is 7.86. The predicted octanol–water partition coefficient (Wildman–Crippen LogP) is -5.55. The molecule has 0 aliphatic rings. The molecule has 0 atom stereocenters. The van der Waals surface area contributed by atoms with Gasteiger partial charge in [-0.25, -0.2) is 0 Å². The van der Waals surface area contributed by atoms with Gasteiger partial charge in [-0.2, -0.15) is 0 Å². The fourth-order valence-electron chi connectivity index (χ4n) is 0.619. The molecule has 0 heterocycles. The Hall–Kier alpha value is 2.34. The summed E-state index contributed by atoms with van der Waals surface area (Å²) in [6.45, 7) is 0. The van der Waals surface area contributed by atoms with E-state index in [1.54, 1.807) is 0 Å². The van der Waals surface area contributed by atoms with Gasteiger partial charge in [-0.05, 0) is 0 Å². The summed E-state index contributed by atoms with van der Waals surface area (Å²) in [6.07, 6.45) is 0. The summed E-state index contributed by atoms with van der Waals surface area (Å²) in [6, 6.07) is 0. The first kappa shape index (κ1) is 12.4. The first-order chi connectivity index (χ1) is 5.46. The van der Waals surface area contributed by atoms with Crippen molar-refractivity contribution in [2.24, 2.45) is 0 Å². The van der Waals surface area contributed by atoms with E-state index in [1.807, 2.05) is 0 Å². The Bertz CT molecular complexity index is 226. The molecule has 6 radical (unpaired) electrons. The minimum atomic E-state index is 1.14. The van der Waals surface area contributed by atoms with Crippen molar-refractivity contribution >= 4 is 123 Å². The van der Waals surface area contributed by atoms with Crippen molar-refractivity contribution in [1.29, 1.82) is 0 Å². The van der Waals surface area contributed by atoms with Crippen molar-refractivity contribution in [3.05, 3.63) is 0 Å². The fraction of sp³-hybridized carbons (Fsp3) is 0. The summed E-state index contributed by atoms with van der Waals surface area (Å²) in [5.74, 6) is 0. The molecule has 12 heavy (non-hydrogen) atoms. The van der Waals surface area contributed by atoms with Crippen LogP contribution in [0.3, 0.4) is 0 Å². The molecule has 0 aliphatic heterocycles. The van der Waals surface area contributed by atoms with Crippen molar-refractivity contribution in [1.82, 2.24) is 0 Å². The molecule has 0 aromatic heterocycles. The van der Waals surface area contributed by atoms with Crippen LogP contribution in [0, 0.1) is 0 Å². The molecule has 1 rings (SSSR count). The van der Waals surface area contributed by atoms with Gasteiger partial charge in [-0.3, -0.25) is 0 Å². The van der Waals surface area contributed by atoms with Gasteiger partial charge in [0.15, 0.2) is 0 Å². The van der Waals surface area contributed by atoms with Gasteiger partial charge in [-0.15, -0.1) is 0 Å². The van der Waals surface area contributed by atoms with Gasteiger partial charge >= 0.3 is 123 Å². The van der Waals surface area contributed by atoms with Crippen LogP contribution >= 0.6 is 0 Å². The average Bonchev–Trinajstić information content (AvgIpc) is 2.08. The van der Waals surface area contributed by atoms with E-state index in [0.717, 1.165) is 26.8 Å². The second kappa shape index (κ2) is 4.91. The van der Waals surface area contributed by atoms with E-state index in [4.69, 9.17) is 0 Å². The number of rotatable bonds is 0. The Kier molecular flexibility index (Phi) is 5.07. The van der Waals surface area contributed by atoms with Crippen molar-refractivity contribution in [3.8, 4) is 0 Å². The van der Waals surface area contributed by atoms with E-state index in [-0.39, 0.29) is 0 Å². The van der Waals surface area contributed by atoms with E-state index in [1.165, 1.54) is 0 Å². The van der Waals surface area contributed by atoms with Crippen LogP contribution in [0.5, 0.6) is 0 Å². The second-order valence-electron chi connectivity index (χ2n) is 1.97. The number of hydrogen-bond donors (Lipinski definition) is 0. The Labute approximate surface area is 121 Å². The van der Waals surface area contributed by atoms with Gasteiger partial charge in [0.05, 0.1) is 0 Å². The molecule has 6 heteroatoms. The SMILES string of the molecule is [Se]c1c([Se])c([Se])c([Se])c([Se])c1[Se]. The predicted molar refractivity (Wildman–Crippen MR) is 58.8 cm³/mol. The molecule has 0 saturated heterocycles. The van der Waals surface area contributed by atoms with E-state index < -0.39 is 0 Å². The first-order valence-electron chi connectivity index (χ1n) is 2.72. The van der Waals surface area contributed by atoms with Crippen LogP contribution in [0.1, 0.15) is 0 Å². The van der Waals surface area contributed by atoms with E-state index in [2.05, 4.69) is 96.1 Å². The monoisotopic (exact) mass is 551 g/mol. The minimum absolute atomic E-state index is 1.14. The Balaban J connectivity index is 3.60. The summed E-state index contributed by atoms with van der Waals surface area (Å²) < 4.78 is 6.81. The third-order valence-electron chi connectivity index (χ3n) is 1.24. The molecule has 1 aromatic rings. The summed E-state index contributed by atoms with van der Waals surface area (Å²) in [4.78, 5) is 0. The zero-order valence-corrected chi connectivity index (χ0v) is 15.7. The van der Waals surface area contributed by atoms with Crippen LogP contribution in [0.2, 0.25) is 0 Å². The van der Waals surface area contributed by atoms with E-state index in [0.29, 0.717) is 0 Å². The standard InChI is InChI=1S/C6Se6/c7-1-2(8)4(10)6(12)5(11)3(1)9. The molecule has 0 N–H and O–H groups in total. The number of benzene rings is 1. The van der Waals surface area contributed by atoms with Crippen LogP contribution in [0.25, 0.3) is 0 Å². The molecule has 60 valence electrons. The molecule has 0 unspecified atom stereocenters. The molecule has 0 bridgehead atoms. The van der Waals surface area contributed by atoms with Gasteiger partial charge < -0.3 is 0 Å². The summed E-state index contributed by atoms with van der Waals surface area (Å²) in [5.41, 5.74) is 0. The molecule has 0 spiro atoms. The van der Waals surface area contributed by atoms with E-state index in [9.17, 15) is 0 Å². The molecule has 0 nitrogen and oxygen atoms in total. The van der Waals surface area contributed by atoms with Crippen molar-refractivity contribution < 1.29 is 0 Å². The van der Waals surface area contributed by atoms with Crippen molar-refractivity contribution in [2.45, 2.75) is 0 Å². The van der Waals surface area contributed by atoms with Crippen LogP contribution in [-0.2, 0) is 0 Å². The van der Waals surface area contributed by atoms with Gasteiger partial charge in [0.1, 0.15) is 0 Å². The zero-order chi connectivity index (χ0) is 9.46. The van der Waals surface area contributed by atoms with Gasteiger partial charge in [-0.1, -0.05) is 0 Å². The maximum atomic E-state index is 3.03. The maximum absolute atomic E-state index is 3.03. The molecule has 0 aliphatic carbocycles. The molecule has 0 saturated carbocycles. The topological polar surface area (TPSA) is 0 Å². The average molecular weight is 546 g/mol. The molecule has 1 aromatic carbocycles. The molecular formula is C6Se6. The molecule has 0 amide bonds. The van der Waals surface area contributed by atoms with Crippen molar-refractivity contribution in [2.75, 3.05) is 0 Å². The normalized spacial score (nSPS) is 10.0. The summed E-state index contributed by atoms with van der Waals surface area (Å²) >= 11 is 18.2. The second-order valence-corrected chi connectivity index (χ2v) is 7.11. The third kappa shape index (κ3) is 2.29. The van der Waals surface area contributed by atoms with Crippen LogP contribution < -0.4 is 26.8 Å². The molecule has 0 fully saturated rings. The zero-order valence-electron chi connectivity index (χ0n) is 5.45.